The van der Waals surface area contributed by atoms with E-state index in [1.807, 2.05) is 6.92 Å². The van der Waals surface area contributed by atoms with Gasteiger partial charge in [-0.2, -0.15) is 0 Å². The number of cyclic esters (lactones) is 1. The highest BCUT2D eigenvalue weighted by Crippen LogP contribution is 2.62. The lowest BCUT2D eigenvalue weighted by Crippen LogP contribution is -2.61. The van der Waals surface area contributed by atoms with Gasteiger partial charge in [-0.1, -0.05) is 36.8 Å². The van der Waals surface area contributed by atoms with E-state index in [9.17, 15) is 19.5 Å². The molecule has 1 heterocycles. The Kier molecular flexibility index (Phi) is 7.35. The molecule has 4 rings (SSSR count). The molecule has 36 heavy (non-hydrogen) atoms. The quantitative estimate of drug-likeness (QED) is 0.331. The molecule has 7 nitrogen and oxygen atoms in total. The van der Waals surface area contributed by atoms with Crippen LogP contribution in [0.5, 0.6) is 0 Å². The van der Waals surface area contributed by atoms with Crippen LogP contribution < -0.4 is 5.32 Å². The summed E-state index contributed by atoms with van der Waals surface area (Å²) in [6.07, 6.45) is 3.51. The van der Waals surface area contributed by atoms with E-state index in [1.54, 1.807) is 30.3 Å². The topological polar surface area (TPSA) is 102 Å². The Labute approximate surface area is 216 Å². The standard InChI is InChI=1S/C28H34ClNO6/c1-16-5-12-23-27(3,21(16)11-10-20-22(32)15-35-25(20)33)14-13-24(36-17(2)31)28(23,4)26(34)30-19-8-6-18(29)7-9-19/h6-10,21-24,32H,1,5,11-15H2,2-4H3,(H,30,34)/b20-10+/t21-,22-,23+,24-,27+,28+/m1/s1. The number of aliphatic hydroxyl groups excluding tert-OH is 1. The van der Waals surface area contributed by atoms with Gasteiger partial charge in [-0.05, 0) is 80.5 Å². The molecule has 6 atom stereocenters. The summed E-state index contributed by atoms with van der Waals surface area (Å²) in [6, 6.07) is 6.92. The fourth-order valence-corrected chi connectivity index (χ4v) is 6.82. The van der Waals surface area contributed by atoms with Gasteiger partial charge in [0.1, 0.15) is 18.8 Å². The number of esters is 2. The highest BCUT2D eigenvalue weighted by Gasteiger charge is 2.62. The summed E-state index contributed by atoms with van der Waals surface area (Å²) in [6.45, 7) is 9.76. The first-order valence-corrected chi connectivity index (χ1v) is 12.8. The summed E-state index contributed by atoms with van der Waals surface area (Å²) in [5, 5.41) is 13.7. The zero-order valence-corrected chi connectivity index (χ0v) is 21.8. The van der Waals surface area contributed by atoms with E-state index in [4.69, 9.17) is 21.1 Å². The van der Waals surface area contributed by atoms with E-state index in [1.165, 1.54) is 6.92 Å². The Morgan fingerprint density at radius 1 is 1.28 bits per heavy atom. The third-order valence-corrected chi connectivity index (χ3v) is 8.87. The van der Waals surface area contributed by atoms with Crippen LogP contribution in [-0.4, -0.2) is 41.8 Å². The summed E-state index contributed by atoms with van der Waals surface area (Å²) >= 11 is 6.01. The number of anilines is 1. The van der Waals surface area contributed by atoms with Crippen LogP contribution in [0.1, 0.15) is 52.9 Å². The highest BCUT2D eigenvalue weighted by atomic mass is 35.5. The van der Waals surface area contributed by atoms with E-state index in [0.29, 0.717) is 23.6 Å². The van der Waals surface area contributed by atoms with Gasteiger partial charge in [0.2, 0.25) is 5.91 Å². The first-order chi connectivity index (χ1) is 17.0. The Balaban J connectivity index is 1.68. The molecule has 2 N–H and O–H groups in total. The minimum Gasteiger partial charge on any atom is -0.461 e. The summed E-state index contributed by atoms with van der Waals surface area (Å²) in [5.41, 5.74) is 0.650. The van der Waals surface area contributed by atoms with E-state index < -0.39 is 29.6 Å². The number of allylic oxidation sites excluding steroid dienone is 2. The first kappa shape index (κ1) is 26.4. The smallest absolute Gasteiger partial charge is 0.336 e. The monoisotopic (exact) mass is 515 g/mol. The number of halogens is 1. The molecule has 2 aliphatic carbocycles. The molecule has 0 bridgehead atoms. The largest absolute Gasteiger partial charge is 0.461 e. The van der Waals surface area contributed by atoms with E-state index in [2.05, 4.69) is 18.8 Å². The van der Waals surface area contributed by atoms with Crippen molar-refractivity contribution >= 4 is 35.1 Å². The second-order valence-corrected chi connectivity index (χ2v) is 11.1. The predicted molar refractivity (Wildman–Crippen MR) is 136 cm³/mol. The van der Waals surface area contributed by atoms with Crippen LogP contribution in [0.25, 0.3) is 0 Å². The second-order valence-electron chi connectivity index (χ2n) is 10.7. The Hall–Kier alpha value is -2.64. The van der Waals surface area contributed by atoms with Gasteiger partial charge in [-0.3, -0.25) is 9.59 Å². The summed E-state index contributed by atoms with van der Waals surface area (Å²) in [4.78, 5) is 38.0. The molecule has 1 amide bonds. The minimum absolute atomic E-state index is 0.00900. The van der Waals surface area contributed by atoms with Crippen LogP contribution in [-0.2, 0) is 23.9 Å². The van der Waals surface area contributed by atoms with Crippen molar-refractivity contribution in [1.82, 2.24) is 0 Å². The van der Waals surface area contributed by atoms with Crippen molar-refractivity contribution in [3.63, 3.8) is 0 Å². The van der Waals surface area contributed by atoms with Gasteiger partial charge >= 0.3 is 11.9 Å². The molecule has 3 fully saturated rings. The predicted octanol–water partition coefficient (Wildman–Crippen LogP) is 4.83. The molecule has 0 radical (unpaired) electrons. The Morgan fingerprint density at radius 3 is 2.58 bits per heavy atom. The van der Waals surface area contributed by atoms with Crippen molar-refractivity contribution in [3.8, 4) is 0 Å². The van der Waals surface area contributed by atoms with Gasteiger partial charge in [-0.15, -0.1) is 0 Å². The second kappa shape index (κ2) is 10.0. The molecule has 2 saturated carbocycles. The molecule has 1 saturated heterocycles. The number of hydrogen-bond acceptors (Lipinski definition) is 6. The number of benzene rings is 1. The SMILES string of the molecule is C=C1CC[C@H]2[C@@](C)(CC[C@@H](OC(C)=O)[C@@]2(C)C(=O)Nc2ccc(Cl)cc2)[C@@H]1C/C=C1/C(=O)OC[C@H]1O. The average Bonchev–Trinajstić information content (AvgIpc) is 3.14. The fourth-order valence-electron chi connectivity index (χ4n) is 6.69. The van der Waals surface area contributed by atoms with Crippen molar-refractivity contribution in [1.29, 1.82) is 0 Å². The van der Waals surface area contributed by atoms with Crippen molar-refractivity contribution in [2.75, 3.05) is 11.9 Å². The molecule has 194 valence electrons. The third-order valence-electron chi connectivity index (χ3n) is 8.62. The van der Waals surface area contributed by atoms with Crippen molar-refractivity contribution in [2.24, 2.45) is 22.7 Å². The summed E-state index contributed by atoms with van der Waals surface area (Å²) in [7, 11) is 0. The van der Waals surface area contributed by atoms with Gasteiger partial charge in [0.15, 0.2) is 0 Å². The number of hydrogen-bond donors (Lipinski definition) is 2. The molecular weight excluding hydrogens is 482 g/mol. The van der Waals surface area contributed by atoms with Crippen LogP contribution in [0.4, 0.5) is 5.69 Å². The van der Waals surface area contributed by atoms with Gasteiger partial charge in [-0.25, -0.2) is 4.79 Å². The highest BCUT2D eigenvalue weighted by molar-refractivity contribution is 6.30. The number of fused-ring (bicyclic) bond motifs is 1. The summed E-state index contributed by atoms with van der Waals surface area (Å²) < 4.78 is 10.7. The molecule has 1 aliphatic heterocycles. The number of carbonyl (C=O) groups excluding carboxylic acids is 3. The molecule has 0 spiro atoms. The average molecular weight is 516 g/mol. The molecular formula is C28H34ClNO6. The number of aliphatic hydroxyl groups is 1. The van der Waals surface area contributed by atoms with E-state index >= 15 is 0 Å². The third kappa shape index (κ3) is 4.71. The molecule has 8 heteroatoms. The zero-order chi connectivity index (χ0) is 26.3. The maximum absolute atomic E-state index is 13.9. The first-order valence-electron chi connectivity index (χ1n) is 12.4. The lowest BCUT2D eigenvalue weighted by atomic mass is 9.45. The van der Waals surface area contributed by atoms with Crippen LogP contribution >= 0.6 is 11.6 Å². The Bertz CT molecular complexity index is 1100. The van der Waals surface area contributed by atoms with Crippen LogP contribution in [0, 0.1) is 22.7 Å². The van der Waals surface area contributed by atoms with Crippen molar-refractivity contribution in [2.45, 2.75) is 65.1 Å². The molecule has 1 aromatic carbocycles. The molecule has 3 aliphatic rings. The number of rotatable bonds is 5. The number of ether oxygens (including phenoxy) is 2. The van der Waals surface area contributed by atoms with Crippen molar-refractivity contribution < 1.29 is 29.0 Å². The molecule has 1 aromatic rings. The lowest BCUT2D eigenvalue weighted by molar-refractivity contribution is -0.181. The van der Waals surface area contributed by atoms with Crippen LogP contribution in [0.15, 0.2) is 48.1 Å². The lowest BCUT2D eigenvalue weighted by Gasteiger charge is -2.59. The zero-order valence-electron chi connectivity index (χ0n) is 21.0. The maximum Gasteiger partial charge on any atom is 0.336 e. The van der Waals surface area contributed by atoms with Gasteiger partial charge in [0.25, 0.3) is 0 Å². The van der Waals surface area contributed by atoms with Crippen molar-refractivity contribution in [3.05, 3.63) is 53.1 Å². The number of carbonyl (C=O) groups is 3. The minimum atomic E-state index is -0.990. The van der Waals surface area contributed by atoms with Gasteiger partial charge in [0.05, 0.1) is 11.0 Å². The van der Waals surface area contributed by atoms with Gasteiger partial charge < -0.3 is 19.9 Å². The van der Waals surface area contributed by atoms with Crippen LogP contribution in [0.2, 0.25) is 5.02 Å². The van der Waals surface area contributed by atoms with E-state index in [0.717, 1.165) is 24.8 Å². The molecule has 0 unspecified atom stereocenters. The summed E-state index contributed by atoms with van der Waals surface area (Å²) in [5.74, 6) is -1.22. The van der Waals surface area contributed by atoms with Gasteiger partial charge in [0, 0.05) is 17.6 Å². The Morgan fingerprint density at radius 2 is 1.97 bits per heavy atom. The normalized spacial score (nSPS) is 35.2. The fraction of sp³-hybridized carbons (Fsp3) is 0.536. The number of nitrogens with one attached hydrogen (secondary N) is 1. The molecule has 0 aromatic heterocycles. The number of amides is 1. The van der Waals surface area contributed by atoms with E-state index in [-0.39, 0.29) is 35.3 Å². The van der Waals surface area contributed by atoms with Crippen LogP contribution in [0.3, 0.4) is 0 Å². The maximum atomic E-state index is 13.9.